The Morgan fingerprint density at radius 1 is 1.25 bits per heavy atom. The number of rotatable bonds is 4. The topological polar surface area (TPSA) is 54.2 Å². The molecule has 0 radical (unpaired) electrons. The van der Waals surface area contributed by atoms with Crippen LogP contribution in [0.25, 0.3) is 0 Å². The van der Waals surface area contributed by atoms with Gasteiger partial charge in [-0.1, -0.05) is 29.4 Å². The minimum Gasteiger partial charge on any atom is -0.338 e. The number of aryl methyl sites for hydroxylation is 1. The molecule has 0 spiro atoms. The van der Waals surface area contributed by atoms with Crippen molar-refractivity contribution >= 4 is 0 Å². The van der Waals surface area contributed by atoms with Crippen LogP contribution in [0.15, 0.2) is 28.8 Å². The molecule has 1 aliphatic heterocycles. The number of benzene rings is 1. The van der Waals surface area contributed by atoms with Gasteiger partial charge in [0.2, 0.25) is 5.89 Å². The second kappa shape index (κ2) is 6.15. The molecular weight excluding hydrogens is 252 g/mol. The highest BCUT2D eigenvalue weighted by molar-refractivity contribution is 5.27. The van der Waals surface area contributed by atoms with Crippen LogP contribution in [0.2, 0.25) is 0 Å². The van der Waals surface area contributed by atoms with Crippen LogP contribution in [0.3, 0.4) is 0 Å². The summed E-state index contributed by atoms with van der Waals surface area (Å²) < 4.78 is 5.36. The van der Waals surface area contributed by atoms with Crippen molar-refractivity contribution in [2.24, 2.45) is 0 Å². The van der Waals surface area contributed by atoms with Gasteiger partial charge in [0.05, 0.1) is 6.54 Å². The Morgan fingerprint density at radius 2 is 2.05 bits per heavy atom. The van der Waals surface area contributed by atoms with Crippen LogP contribution in [-0.2, 0) is 13.0 Å². The van der Waals surface area contributed by atoms with Crippen LogP contribution < -0.4 is 5.32 Å². The third kappa shape index (κ3) is 3.23. The number of hydrogen-bond acceptors (Lipinski definition) is 5. The molecule has 1 fully saturated rings. The highest BCUT2D eigenvalue weighted by atomic mass is 16.5. The molecule has 0 amide bonds. The lowest BCUT2D eigenvalue weighted by Crippen LogP contribution is -2.42. The minimum atomic E-state index is 0.718. The number of nitrogens with one attached hydrogen (secondary N) is 1. The van der Waals surface area contributed by atoms with Crippen molar-refractivity contribution in [2.45, 2.75) is 19.9 Å². The molecule has 1 saturated heterocycles. The summed E-state index contributed by atoms with van der Waals surface area (Å²) in [4.78, 5) is 6.84. The second-order valence-corrected chi connectivity index (χ2v) is 5.23. The maximum absolute atomic E-state index is 5.36. The molecular formula is C15H20N4O. The molecule has 1 aromatic heterocycles. The van der Waals surface area contributed by atoms with Gasteiger partial charge >= 0.3 is 0 Å². The van der Waals surface area contributed by atoms with E-state index in [1.54, 1.807) is 0 Å². The van der Waals surface area contributed by atoms with Gasteiger partial charge in [-0.3, -0.25) is 4.90 Å². The third-order valence-electron chi connectivity index (χ3n) is 3.69. The molecule has 1 aliphatic rings. The van der Waals surface area contributed by atoms with Crippen molar-refractivity contribution in [3.8, 4) is 0 Å². The zero-order chi connectivity index (χ0) is 13.8. The van der Waals surface area contributed by atoms with Crippen LogP contribution in [0, 0.1) is 6.92 Å². The zero-order valence-corrected chi connectivity index (χ0v) is 11.8. The van der Waals surface area contributed by atoms with E-state index in [1.165, 1.54) is 11.1 Å². The van der Waals surface area contributed by atoms with Gasteiger partial charge in [-0.25, -0.2) is 0 Å². The normalized spacial score (nSPS) is 16.4. The molecule has 0 saturated carbocycles. The maximum atomic E-state index is 5.36. The van der Waals surface area contributed by atoms with E-state index in [0.29, 0.717) is 0 Å². The first-order valence-corrected chi connectivity index (χ1v) is 7.10. The van der Waals surface area contributed by atoms with Gasteiger partial charge < -0.3 is 9.84 Å². The van der Waals surface area contributed by atoms with Gasteiger partial charge in [-0.2, -0.15) is 4.98 Å². The van der Waals surface area contributed by atoms with E-state index in [2.05, 4.69) is 39.4 Å². The Bertz CT molecular complexity index is 561. The van der Waals surface area contributed by atoms with Gasteiger partial charge in [0.15, 0.2) is 5.82 Å². The molecule has 20 heavy (non-hydrogen) atoms. The molecule has 2 aromatic rings. The van der Waals surface area contributed by atoms with E-state index in [1.807, 2.05) is 12.1 Å². The summed E-state index contributed by atoms with van der Waals surface area (Å²) in [5.41, 5.74) is 2.52. The van der Waals surface area contributed by atoms with E-state index < -0.39 is 0 Å². The van der Waals surface area contributed by atoms with Gasteiger partial charge in [0, 0.05) is 32.6 Å². The smallest absolute Gasteiger partial charge is 0.240 e. The Balaban J connectivity index is 1.63. The molecule has 3 rings (SSSR count). The quantitative estimate of drug-likeness (QED) is 0.911. The van der Waals surface area contributed by atoms with Gasteiger partial charge in [0.1, 0.15) is 0 Å². The van der Waals surface area contributed by atoms with Crippen molar-refractivity contribution in [1.82, 2.24) is 20.4 Å². The fourth-order valence-corrected chi connectivity index (χ4v) is 2.47. The molecule has 2 heterocycles. The Labute approximate surface area is 119 Å². The summed E-state index contributed by atoms with van der Waals surface area (Å²) in [5, 5.41) is 7.43. The highest BCUT2D eigenvalue weighted by Gasteiger charge is 2.14. The summed E-state index contributed by atoms with van der Waals surface area (Å²) in [6.45, 7) is 7.00. The van der Waals surface area contributed by atoms with Gasteiger partial charge in [-0.15, -0.1) is 0 Å². The molecule has 0 atom stereocenters. The summed E-state index contributed by atoms with van der Waals surface area (Å²) >= 11 is 0. The van der Waals surface area contributed by atoms with Gasteiger partial charge in [0.25, 0.3) is 0 Å². The monoisotopic (exact) mass is 272 g/mol. The Hall–Kier alpha value is -1.72. The predicted octanol–water partition coefficient (Wildman–Crippen LogP) is 1.37. The second-order valence-electron chi connectivity index (χ2n) is 5.23. The van der Waals surface area contributed by atoms with E-state index >= 15 is 0 Å². The van der Waals surface area contributed by atoms with Crippen LogP contribution >= 0.6 is 0 Å². The fourth-order valence-electron chi connectivity index (χ4n) is 2.47. The summed E-state index contributed by atoms with van der Waals surface area (Å²) in [7, 11) is 0. The summed E-state index contributed by atoms with van der Waals surface area (Å²) in [6, 6.07) is 8.31. The van der Waals surface area contributed by atoms with Crippen molar-refractivity contribution in [3.63, 3.8) is 0 Å². The summed E-state index contributed by atoms with van der Waals surface area (Å²) in [5.74, 6) is 1.49. The first-order chi connectivity index (χ1) is 9.81. The molecule has 0 aliphatic carbocycles. The molecule has 5 nitrogen and oxygen atoms in total. The standard InChI is InChI=1S/C15H20N4O/c1-12-4-2-3-5-13(12)10-14-17-15(20-18-14)11-19-8-6-16-7-9-19/h2-5,16H,6-11H2,1H3. The fraction of sp³-hybridized carbons (Fsp3) is 0.467. The first kappa shape index (κ1) is 13.3. The molecule has 0 unspecified atom stereocenters. The van der Waals surface area contributed by atoms with Crippen LogP contribution in [0.1, 0.15) is 22.8 Å². The van der Waals surface area contributed by atoms with Crippen LogP contribution in [-0.4, -0.2) is 41.2 Å². The van der Waals surface area contributed by atoms with Crippen LogP contribution in [0.4, 0.5) is 0 Å². The Morgan fingerprint density at radius 3 is 2.85 bits per heavy atom. The molecule has 5 heteroatoms. The highest BCUT2D eigenvalue weighted by Crippen LogP contribution is 2.12. The predicted molar refractivity (Wildman–Crippen MR) is 76.4 cm³/mol. The summed E-state index contributed by atoms with van der Waals surface area (Å²) in [6.07, 6.45) is 0.734. The average molecular weight is 272 g/mol. The molecule has 1 aromatic carbocycles. The largest absolute Gasteiger partial charge is 0.338 e. The Kier molecular flexibility index (Phi) is 4.08. The third-order valence-corrected chi connectivity index (χ3v) is 3.69. The van der Waals surface area contributed by atoms with Crippen LogP contribution in [0.5, 0.6) is 0 Å². The maximum Gasteiger partial charge on any atom is 0.240 e. The number of hydrogen-bond donors (Lipinski definition) is 1. The van der Waals surface area contributed by atoms with E-state index in [-0.39, 0.29) is 0 Å². The first-order valence-electron chi connectivity index (χ1n) is 7.10. The van der Waals surface area contributed by atoms with Crippen molar-refractivity contribution in [1.29, 1.82) is 0 Å². The van der Waals surface area contributed by atoms with E-state index in [0.717, 1.165) is 50.9 Å². The van der Waals surface area contributed by atoms with Crippen molar-refractivity contribution < 1.29 is 4.52 Å². The molecule has 106 valence electrons. The van der Waals surface area contributed by atoms with E-state index in [4.69, 9.17) is 4.52 Å². The van der Waals surface area contributed by atoms with Crippen molar-refractivity contribution in [3.05, 3.63) is 47.1 Å². The number of nitrogens with zero attached hydrogens (tertiary/aromatic N) is 3. The lowest BCUT2D eigenvalue weighted by molar-refractivity contribution is 0.203. The minimum absolute atomic E-state index is 0.718. The van der Waals surface area contributed by atoms with E-state index in [9.17, 15) is 0 Å². The number of piperazine rings is 1. The lowest BCUT2D eigenvalue weighted by Gasteiger charge is -2.25. The zero-order valence-electron chi connectivity index (χ0n) is 11.8. The van der Waals surface area contributed by atoms with Gasteiger partial charge in [-0.05, 0) is 18.1 Å². The average Bonchev–Trinajstić information content (AvgIpc) is 2.90. The number of aromatic nitrogens is 2. The molecule has 0 bridgehead atoms. The van der Waals surface area contributed by atoms with Crippen molar-refractivity contribution in [2.75, 3.05) is 26.2 Å². The SMILES string of the molecule is Cc1ccccc1Cc1noc(CN2CCNCC2)n1. The lowest BCUT2D eigenvalue weighted by atomic mass is 10.1. The molecule has 1 N–H and O–H groups in total.